The molecule has 0 radical (unpaired) electrons. The van der Waals surface area contributed by atoms with Crippen LogP contribution in [0.15, 0.2) is 0 Å². The Balaban J connectivity index is 1.52. The largest absolute Gasteiger partial charge is 0.353 e. The number of alkyl halides is 1. The second kappa shape index (κ2) is 11.9. The topological polar surface area (TPSA) is 18.5 Å². The molecule has 1 saturated carbocycles. The SMILES string of the molecule is CCCCCCCCCCC(C)(Cl)CC1(CCOC2CCCCO2)CC1. The summed E-state index contributed by atoms with van der Waals surface area (Å²) in [5.41, 5.74) is 0.464. The van der Waals surface area contributed by atoms with E-state index in [0.717, 1.165) is 38.9 Å². The van der Waals surface area contributed by atoms with Crippen molar-refractivity contribution < 1.29 is 9.47 Å². The Morgan fingerprint density at radius 2 is 1.73 bits per heavy atom. The first-order valence-corrected chi connectivity index (χ1v) is 11.9. The van der Waals surface area contributed by atoms with Crippen molar-refractivity contribution >= 4 is 11.6 Å². The summed E-state index contributed by atoms with van der Waals surface area (Å²) in [5, 5.41) is 0. The van der Waals surface area contributed by atoms with Gasteiger partial charge in [0.25, 0.3) is 0 Å². The first-order valence-electron chi connectivity index (χ1n) is 11.5. The van der Waals surface area contributed by atoms with E-state index in [2.05, 4.69) is 13.8 Å². The Hall–Kier alpha value is 0.210. The minimum atomic E-state index is -0.0277. The summed E-state index contributed by atoms with van der Waals surface area (Å²) >= 11 is 6.90. The van der Waals surface area contributed by atoms with Crippen molar-refractivity contribution in [2.45, 2.75) is 128 Å². The molecule has 1 aliphatic carbocycles. The van der Waals surface area contributed by atoms with Crippen molar-refractivity contribution in [1.82, 2.24) is 0 Å². The summed E-state index contributed by atoms with van der Waals surface area (Å²) < 4.78 is 11.6. The minimum absolute atomic E-state index is 0.0277. The average molecular weight is 387 g/mol. The van der Waals surface area contributed by atoms with Crippen LogP contribution in [0.2, 0.25) is 0 Å². The van der Waals surface area contributed by atoms with Gasteiger partial charge in [0.15, 0.2) is 6.29 Å². The van der Waals surface area contributed by atoms with E-state index in [-0.39, 0.29) is 11.2 Å². The molecule has 0 bridgehead atoms. The molecule has 26 heavy (non-hydrogen) atoms. The zero-order valence-corrected chi connectivity index (χ0v) is 18.3. The van der Waals surface area contributed by atoms with Crippen molar-refractivity contribution in [3.8, 4) is 0 Å². The summed E-state index contributed by atoms with van der Waals surface area (Å²) in [6.07, 6.45) is 20.7. The molecule has 0 N–H and O–H groups in total. The fraction of sp³-hybridized carbons (Fsp3) is 1.00. The van der Waals surface area contributed by atoms with Gasteiger partial charge in [-0.15, -0.1) is 11.6 Å². The van der Waals surface area contributed by atoms with Gasteiger partial charge >= 0.3 is 0 Å². The van der Waals surface area contributed by atoms with Crippen molar-refractivity contribution in [2.24, 2.45) is 5.41 Å². The first-order chi connectivity index (χ1) is 12.6. The molecule has 0 aromatic heterocycles. The lowest BCUT2D eigenvalue weighted by atomic mass is 9.86. The zero-order valence-electron chi connectivity index (χ0n) is 17.5. The Labute approximate surface area is 167 Å². The second-order valence-electron chi connectivity index (χ2n) is 9.23. The molecular weight excluding hydrogens is 344 g/mol. The highest BCUT2D eigenvalue weighted by atomic mass is 35.5. The summed E-state index contributed by atoms with van der Waals surface area (Å²) in [4.78, 5) is -0.0277. The van der Waals surface area contributed by atoms with Gasteiger partial charge in [-0.3, -0.25) is 0 Å². The van der Waals surface area contributed by atoms with Crippen molar-refractivity contribution in [2.75, 3.05) is 13.2 Å². The maximum atomic E-state index is 6.90. The summed E-state index contributed by atoms with van der Waals surface area (Å²) in [6, 6.07) is 0. The monoisotopic (exact) mass is 386 g/mol. The molecule has 1 heterocycles. The molecule has 2 fully saturated rings. The van der Waals surface area contributed by atoms with Crippen LogP contribution in [-0.4, -0.2) is 24.4 Å². The van der Waals surface area contributed by atoms with Gasteiger partial charge in [-0.05, 0) is 63.7 Å². The first kappa shape index (κ1) is 22.5. The van der Waals surface area contributed by atoms with Gasteiger partial charge in [-0.2, -0.15) is 0 Å². The fourth-order valence-electron chi connectivity index (χ4n) is 4.44. The van der Waals surface area contributed by atoms with Crippen LogP contribution < -0.4 is 0 Å². The maximum Gasteiger partial charge on any atom is 0.157 e. The average Bonchev–Trinajstić information content (AvgIpc) is 3.37. The van der Waals surface area contributed by atoms with E-state index in [1.807, 2.05) is 0 Å². The van der Waals surface area contributed by atoms with Gasteiger partial charge in [0.05, 0.1) is 6.61 Å². The molecule has 2 nitrogen and oxygen atoms in total. The van der Waals surface area contributed by atoms with E-state index < -0.39 is 0 Å². The second-order valence-corrected chi connectivity index (χ2v) is 10.1. The lowest BCUT2D eigenvalue weighted by Gasteiger charge is -2.29. The van der Waals surface area contributed by atoms with Crippen molar-refractivity contribution in [3.63, 3.8) is 0 Å². The summed E-state index contributed by atoms with van der Waals surface area (Å²) in [6.45, 7) is 6.26. The molecule has 1 aliphatic heterocycles. The van der Waals surface area contributed by atoms with Gasteiger partial charge in [0.1, 0.15) is 0 Å². The van der Waals surface area contributed by atoms with Crippen molar-refractivity contribution in [3.05, 3.63) is 0 Å². The molecule has 3 heteroatoms. The number of ether oxygens (including phenoxy) is 2. The van der Waals surface area contributed by atoms with E-state index in [0.29, 0.717) is 5.41 Å². The molecular formula is C23H43ClO2. The van der Waals surface area contributed by atoms with Crippen LogP contribution in [0.5, 0.6) is 0 Å². The molecule has 0 aromatic carbocycles. The van der Waals surface area contributed by atoms with Gasteiger partial charge in [-0.25, -0.2) is 0 Å². The Bertz CT molecular complexity index is 359. The van der Waals surface area contributed by atoms with Crippen LogP contribution in [0, 0.1) is 5.41 Å². The molecule has 0 spiro atoms. The highest BCUT2D eigenvalue weighted by Crippen LogP contribution is 2.56. The summed E-state index contributed by atoms with van der Waals surface area (Å²) in [5.74, 6) is 0. The van der Waals surface area contributed by atoms with Gasteiger partial charge in [-0.1, -0.05) is 58.3 Å². The number of unbranched alkanes of at least 4 members (excludes halogenated alkanes) is 7. The third kappa shape index (κ3) is 9.42. The van der Waals surface area contributed by atoms with E-state index >= 15 is 0 Å². The van der Waals surface area contributed by atoms with Crippen LogP contribution >= 0.6 is 11.6 Å². The Kier molecular flexibility index (Phi) is 10.3. The predicted octanol–water partition coefficient (Wildman–Crippen LogP) is 7.62. The van der Waals surface area contributed by atoms with Crippen LogP contribution in [0.4, 0.5) is 0 Å². The Morgan fingerprint density at radius 3 is 2.35 bits per heavy atom. The molecule has 1 saturated heterocycles. The van der Waals surface area contributed by atoms with E-state index in [9.17, 15) is 0 Å². The van der Waals surface area contributed by atoms with Crippen LogP contribution in [-0.2, 0) is 9.47 Å². The van der Waals surface area contributed by atoms with Crippen LogP contribution in [0.25, 0.3) is 0 Å². The molecule has 2 aliphatic rings. The molecule has 0 amide bonds. The number of halogens is 1. The third-order valence-electron chi connectivity index (χ3n) is 6.33. The predicted molar refractivity (Wildman–Crippen MR) is 112 cm³/mol. The van der Waals surface area contributed by atoms with Crippen molar-refractivity contribution in [1.29, 1.82) is 0 Å². The van der Waals surface area contributed by atoms with Gasteiger partial charge in [0, 0.05) is 11.5 Å². The molecule has 0 aromatic rings. The Morgan fingerprint density at radius 1 is 1.04 bits per heavy atom. The smallest absolute Gasteiger partial charge is 0.157 e. The lowest BCUT2D eigenvalue weighted by molar-refractivity contribution is -0.164. The minimum Gasteiger partial charge on any atom is -0.353 e. The number of hydrogen-bond acceptors (Lipinski definition) is 2. The lowest BCUT2D eigenvalue weighted by Crippen LogP contribution is -2.26. The zero-order chi connectivity index (χ0) is 18.7. The standard InChI is InChI=1S/C23H43ClO2/c1-3-4-5-6-7-8-9-11-14-22(2,24)20-23(15-16-23)17-19-26-21-13-10-12-18-25-21/h21H,3-20H2,1-2H3. The maximum absolute atomic E-state index is 6.90. The third-order valence-corrected chi connectivity index (χ3v) is 6.65. The molecule has 2 rings (SSSR count). The number of rotatable bonds is 15. The molecule has 2 atom stereocenters. The van der Waals surface area contributed by atoms with E-state index in [4.69, 9.17) is 21.1 Å². The van der Waals surface area contributed by atoms with E-state index in [1.54, 1.807) is 0 Å². The normalized spacial score (nSPS) is 24.3. The van der Waals surface area contributed by atoms with Crippen LogP contribution in [0.1, 0.15) is 117 Å². The molecule has 2 unspecified atom stereocenters. The van der Waals surface area contributed by atoms with Crippen LogP contribution in [0.3, 0.4) is 0 Å². The highest BCUT2D eigenvalue weighted by Gasteiger charge is 2.46. The summed E-state index contributed by atoms with van der Waals surface area (Å²) in [7, 11) is 0. The fourth-order valence-corrected chi connectivity index (χ4v) is 4.86. The quantitative estimate of drug-likeness (QED) is 0.213. The van der Waals surface area contributed by atoms with Gasteiger partial charge < -0.3 is 9.47 Å². The van der Waals surface area contributed by atoms with E-state index in [1.165, 1.54) is 77.0 Å². The number of hydrogen-bond donors (Lipinski definition) is 0. The van der Waals surface area contributed by atoms with Gasteiger partial charge in [0.2, 0.25) is 0 Å². The highest BCUT2D eigenvalue weighted by molar-refractivity contribution is 6.23. The molecule has 154 valence electrons.